The summed E-state index contributed by atoms with van der Waals surface area (Å²) in [5.41, 5.74) is 2.38. The summed E-state index contributed by atoms with van der Waals surface area (Å²) in [6.07, 6.45) is 1.64. The number of amides is 1. The molecule has 0 radical (unpaired) electrons. The van der Waals surface area contributed by atoms with E-state index in [1.807, 2.05) is 6.07 Å². The molecule has 178 valence electrons. The molecule has 0 unspecified atom stereocenters. The summed E-state index contributed by atoms with van der Waals surface area (Å²) in [6, 6.07) is 19.3. The van der Waals surface area contributed by atoms with Gasteiger partial charge in [0, 0.05) is 36.0 Å². The van der Waals surface area contributed by atoms with Gasteiger partial charge in [-0.15, -0.1) is 0 Å². The van der Waals surface area contributed by atoms with E-state index in [2.05, 4.69) is 4.72 Å². The molecule has 9 nitrogen and oxygen atoms in total. The Kier molecular flexibility index (Phi) is 6.80. The summed E-state index contributed by atoms with van der Waals surface area (Å²) in [6.45, 7) is 0.510. The number of carbonyl (C=O) groups is 1. The Labute approximate surface area is 202 Å². The third-order valence-corrected chi connectivity index (χ3v) is 7.22. The fraction of sp³-hybridized carbons (Fsp3) is 0.200. The highest BCUT2D eigenvalue weighted by Crippen LogP contribution is 2.31. The van der Waals surface area contributed by atoms with Gasteiger partial charge in [0.2, 0.25) is 5.91 Å². The van der Waals surface area contributed by atoms with Crippen molar-refractivity contribution >= 4 is 33.0 Å². The van der Waals surface area contributed by atoms with Crippen LogP contribution in [0.5, 0.6) is 0 Å². The van der Waals surface area contributed by atoms with Crippen molar-refractivity contribution in [2.24, 2.45) is 0 Å². The van der Waals surface area contributed by atoms with Crippen LogP contribution in [0.25, 0.3) is 0 Å². The van der Waals surface area contributed by atoms with Gasteiger partial charge in [-0.1, -0.05) is 24.3 Å². The van der Waals surface area contributed by atoms with Gasteiger partial charge >= 0.3 is 0 Å². The summed E-state index contributed by atoms with van der Waals surface area (Å²) in [5, 5.41) is 20.4. The number of nitrogens with zero attached hydrogens (tertiary/aromatic N) is 3. The van der Waals surface area contributed by atoms with Crippen LogP contribution in [0.1, 0.15) is 29.5 Å². The Morgan fingerprint density at radius 2 is 1.89 bits per heavy atom. The molecule has 3 aromatic rings. The van der Waals surface area contributed by atoms with Crippen LogP contribution in [-0.2, 0) is 27.7 Å². The van der Waals surface area contributed by atoms with Gasteiger partial charge in [0.25, 0.3) is 15.7 Å². The van der Waals surface area contributed by atoms with E-state index < -0.39 is 14.9 Å². The number of sulfonamides is 1. The SMILES string of the molecule is N#Cc1ccc(CCC(=O)N2CCCc3cc(NS(=O)(=O)c4ccccc4)ccc32)c([N+](=O)[O-])c1. The van der Waals surface area contributed by atoms with E-state index in [4.69, 9.17) is 5.26 Å². The maximum absolute atomic E-state index is 13.0. The number of aryl methyl sites for hydroxylation is 2. The van der Waals surface area contributed by atoms with Crippen LogP contribution in [0.3, 0.4) is 0 Å². The smallest absolute Gasteiger partial charge is 0.273 e. The molecule has 35 heavy (non-hydrogen) atoms. The number of nitriles is 1. The van der Waals surface area contributed by atoms with E-state index in [0.717, 1.165) is 5.56 Å². The molecule has 1 N–H and O–H groups in total. The molecule has 10 heteroatoms. The van der Waals surface area contributed by atoms with E-state index >= 15 is 0 Å². The first-order valence-electron chi connectivity index (χ1n) is 11.0. The summed E-state index contributed by atoms with van der Waals surface area (Å²) >= 11 is 0. The number of nitrogens with one attached hydrogen (secondary N) is 1. The van der Waals surface area contributed by atoms with Crippen LogP contribution >= 0.6 is 0 Å². The van der Waals surface area contributed by atoms with E-state index in [0.29, 0.717) is 36.3 Å². The Hall–Kier alpha value is -4.23. The number of nitro benzene ring substituents is 1. The van der Waals surface area contributed by atoms with Crippen molar-refractivity contribution in [2.75, 3.05) is 16.2 Å². The third-order valence-electron chi connectivity index (χ3n) is 5.82. The number of benzene rings is 3. The van der Waals surface area contributed by atoms with Crippen molar-refractivity contribution in [1.82, 2.24) is 0 Å². The molecule has 1 aliphatic heterocycles. The minimum atomic E-state index is -3.73. The van der Waals surface area contributed by atoms with Crippen molar-refractivity contribution < 1.29 is 18.1 Å². The fourth-order valence-corrected chi connectivity index (χ4v) is 5.20. The second kappa shape index (κ2) is 9.95. The average molecular weight is 491 g/mol. The molecular formula is C25H22N4O5S. The Balaban J connectivity index is 1.50. The van der Waals surface area contributed by atoms with Crippen LogP contribution in [-0.4, -0.2) is 25.8 Å². The number of rotatable bonds is 7. The predicted octanol–water partition coefficient (Wildman–Crippen LogP) is 4.18. The third kappa shape index (κ3) is 5.31. The minimum Gasteiger partial charge on any atom is -0.312 e. The van der Waals surface area contributed by atoms with E-state index in [-0.39, 0.29) is 34.9 Å². The standard InChI is InChI=1S/C25H22N4O5S/c26-17-18-8-9-19(24(15-18)29(31)32)10-13-25(30)28-14-4-5-20-16-21(11-12-23(20)28)27-35(33,34)22-6-2-1-3-7-22/h1-3,6-9,11-12,15-16,27H,4-5,10,13-14H2. The first-order chi connectivity index (χ1) is 16.8. The van der Waals surface area contributed by atoms with Crippen molar-refractivity contribution in [3.8, 4) is 6.07 Å². The van der Waals surface area contributed by atoms with E-state index in [9.17, 15) is 23.3 Å². The van der Waals surface area contributed by atoms with Gasteiger partial charge in [0.1, 0.15) is 0 Å². The second-order valence-corrected chi connectivity index (χ2v) is 9.81. The molecule has 0 saturated carbocycles. The number of carbonyl (C=O) groups excluding carboxylic acids is 1. The van der Waals surface area contributed by atoms with Crippen LogP contribution in [0.4, 0.5) is 17.1 Å². The van der Waals surface area contributed by atoms with Gasteiger partial charge < -0.3 is 4.90 Å². The quantitative estimate of drug-likeness (QED) is 0.390. The molecule has 3 aromatic carbocycles. The summed E-state index contributed by atoms with van der Waals surface area (Å²) < 4.78 is 27.9. The molecule has 1 heterocycles. The molecule has 1 amide bonds. The maximum Gasteiger partial charge on any atom is 0.273 e. The Morgan fingerprint density at radius 1 is 1.11 bits per heavy atom. The van der Waals surface area contributed by atoms with Crippen LogP contribution in [0.15, 0.2) is 71.6 Å². The molecular weight excluding hydrogens is 468 g/mol. The fourth-order valence-electron chi connectivity index (χ4n) is 4.12. The highest BCUT2D eigenvalue weighted by molar-refractivity contribution is 7.92. The van der Waals surface area contributed by atoms with Crippen LogP contribution in [0, 0.1) is 21.4 Å². The average Bonchev–Trinajstić information content (AvgIpc) is 2.87. The lowest BCUT2D eigenvalue weighted by atomic mass is 9.99. The number of hydrogen-bond acceptors (Lipinski definition) is 6. The molecule has 0 aromatic heterocycles. The zero-order chi connectivity index (χ0) is 25.0. The second-order valence-electron chi connectivity index (χ2n) is 8.12. The van der Waals surface area contributed by atoms with Crippen molar-refractivity contribution in [2.45, 2.75) is 30.6 Å². The summed E-state index contributed by atoms with van der Waals surface area (Å²) in [4.78, 5) is 25.7. The van der Waals surface area contributed by atoms with Gasteiger partial charge in [-0.05, 0) is 61.2 Å². The normalized spacial score (nSPS) is 12.9. The lowest BCUT2D eigenvalue weighted by molar-refractivity contribution is -0.385. The predicted molar refractivity (Wildman–Crippen MR) is 130 cm³/mol. The molecule has 0 bridgehead atoms. The molecule has 4 rings (SSSR count). The van der Waals surface area contributed by atoms with E-state index in [1.165, 1.54) is 30.3 Å². The van der Waals surface area contributed by atoms with Gasteiger partial charge in [-0.3, -0.25) is 19.6 Å². The highest BCUT2D eigenvalue weighted by atomic mass is 32.2. The van der Waals surface area contributed by atoms with Crippen LogP contribution in [0.2, 0.25) is 0 Å². The van der Waals surface area contributed by atoms with Crippen molar-refractivity contribution in [3.63, 3.8) is 0 Å². The minimum absolute atomic E-state index is 0.0641. The van der Waals surface area contributed by atoms with Gasteiger partial charge in [-0.25, -0.2) is 8.42 Å². The molecule has 0 spiro atoms. The van der Waals surface area contributed by atoms with Crippen molar-refractivity contribution in [1.29, 1.82) is 5.26 Å². The lowest BCUT2D eigenvalue weighted by Crippen LogP contribution is -2.35. The molecule has 0 saturated heterocycles. The van der Waals surface area contributed by atoms with E-state index in [1.54, 1.807) is 41.3 Å². The van der Waals surface area contributed by atoms with Gasteiger partial charge in [0.15, 0.2) is 0 Å². The maximum atomic E-state index is 13.0. The number of nitro groups is 1. The summed E-state index contributed by atoms with van der Waals surface area (Å²) in [7, 11) is -3.73. The molecule has 0 fully saturated rings. The number of anilines is 2. The monoisotopic (exact) mass is 490 g/mol. The summed E-state index contributed by atoms with van der Waals surface area (Å²) in [5.74, 6) is -0.178. The number of fused-ring (bicyclic) bond motifs is 1. The zero-order valence-corrected chi connectivity index (χ0v) is 19.5. The lowest BCUT2D eigenvalue weighted by Gasteiger charge is -2.30. The van der Waals surface area contributed by atoms with Gasteiger partial charge in [0.05, 0.1) is 21.5 Å². The number of hydrogen-bond donors (Lipinski definition) is 1. The first kappa shape index (κ1) is 23.9. The van der Waals surface area contributed by atoms with Crippen molar-refractivity contribution in [3.05, 3.63) is 93.5 Å². The topological polar surface area (TPSA) is 133 Å². The van der Waals surface area contributed by atoms with Gasteiger partial charge in [-0.2, -0.15) is 5.26 Å². The zero-order valence-electron chi connectivity index (χ0n) is 18.7. The Morgan fingerprint density at radius 3 is 2.60 bits per heavy atom. The largest absolute Gasteiger partial charge is 0.312 e. The molecule has 0 aliphatic carbocycles. The first-order valence-corrected chi connectivity index (χ1v) is 12.5. The molecule has 0 atom stereocenters. The van der Waals surface area contributed by atoms with Crippen LogP contribution < -0.4 is 9.62 Å². The molecule has 1 aliphatic rings. The Bertz CT molecular complexity index is 1430. The highest BCUT2D eigenvalue weighted by Gasteiger charge is 2.24.